The van der Waals surface area contributed by atoms with E-state index < -0.39 is 0 Å². The first-order valence-electron chi connectivity index (χ1n) is 8.83. The second-order valence-electron chi connectivity index (χ2n) is 6.31. The van der Waals surface area contributed by atoms with Gasteiger partial charge in [0.05, 0.1) is 24.5 Å². The lowest BCUT2D eigenvalue weighted by Gasteiger charge is -2.28. The first kappa shape index (κ1) is 19.2. The zero-order chi connectivity index (χ0) is 19.1. The van der Waals surface area contributed by atoms with Gasteiger partial charge in [0.15, 0.2) is 6.61 Å². The van der Waals surface area contributed by atoms with Gasteiger partial charge in [-0.1, -0.05) is 17.7 Å². The lowest BCUT2D eigenvalue weighted by atomic mass is 9.93. The van der Waals surface area contributed by atoms with Gasteiger partial charge >= 0.3 is 6.01 Å². The highest BCUT2D eigenvalue weighted by molar-refractivity contribution is 6.30. The maximum atomic E-state index is 12.1. The van der Waals surface area contributed by atoms with Crippen LogP contribution < -0.4 is 19.5 Å². The van der Waals surface area contributed by atoms with Gasteiger partial charge < -0.3 is 19.5 Å². The number of benzene rings is 1. The molecule has 1 heterocycles. The van der Waals surface area contributed by atoms with Gasteiger partial charge in [0.25, 0.3) is 5.91 Å². The zero-order valence-electron chi connectivity index (χ0n) is 15.1. The third-order valence-electron chi connectivity index (χ3n) is 4.32. The molecule has 0 aliphatic heterocycles. The first-order valence-corrected chi connectivity index (χ1v) is 9.20. The number of carbonyl (C=O) groups excluding carboxylic acids is 1. The molecule has 3 rings (SSSR count). The molecule has 1 aromatic heterocycles. The molecule has 144 valence electrons. The Morgan fingerprint density at radius 3 is 2.59 bits per heavy atom. The summed E-state index contributed by atoms with van der Waals surface area (Å²) in [5, 5.41) is 3.49. The van der Waals surface area contributed by atoms with Crippen LogP contribution in [-0.4, -0.2) is 41.7 Å². The number of hydrogen-bond acceptors (Lipinski definition) is 6. The average molecular weight is 392 g/mol. The van der Waals surface area contributed by atoms with Crippen molar-refractivity contribution in [1.29, 1.82) is 0 Å². The Morgan fingerprint density at radius 1 is 1.19 bits per heavy atom. The molecule has 0 spiro atoms. The number of aromatic nitrogens is 2. The quantitative estimate of drug-likeness (QED) is 0.781. The van der Waals surface area contributed by atoms with Crippen molar-refractivity contribution in [3.63, 3.8) is 0 Å². The minimum atomic E-state index is -0.136. The van der Waals surface area contributed by atoms with Gasteiger partial charge in [-0.3, -0.25) is 4.79 Å². The Morgan fingerprint density at radius 2 is 1.89 bits per heavy atom. The van der Waals surface area contributed by atoms with E-state index in [2.05, 4.69) is 15.3 Å². The van der Waals surface area contributed by atoms with E-state index in [4.69, 9.17) is 25.8 Å². The van der Waals surface area contributed by atoms with Crippen molar-refractivity contribution >= 4 is 17.5 Å². The summed E-state index contributed by atoms with van der Waals surface area (Å²) < 4.78 is 16.4. The molecular weight excluding hydrogens is 370 g/mol. The molecule has 0 unspecified atom stereocenters. The Kier molecular flexibility index (Phi) is 6.70. The molecule has 1 aliphatic carbocycles. The van der Waals surface area contributed by atoms with E-state index in [1.807, 2.05) is 12.1 Å². The number of carbonyl (C=O) groups is 1. The Hall–Kier alpha value is -2.54. The number of rotatable bonds is 7. The summed E-state index contributed by atoms with van der Waals surface area (Å²) in [4.78, 5) is 20.2. The molecule has 27 heavy (non-hydrogen) atoms. The van der Waals surface area contributed by atoms with E-state index in [0.29, 0.717) is 22.5 Å². The minimum Gasteiger partial charge on any atom is -0.497 e. The molecular formula is C19H22ClN3O4. The molecule has 8 heteroatoms. The minimum absolute atomic E-state index is 0.0256. The first-order chi connectivity index (χ1) is 13.1. The highest BCUT2D eigenvalue weighted by Gasteiger charge is 2.24. The van der Waals surface area contributed by atoms with E-state index in [1.165, 1.54) is 12.4 Å². The largest absolute Gasteiger partial charge is 0.497 e. The van der Waals surface area contributed by atoms with Crippen LogP contribution in [0.25, 0.3) is 0 Å². The molecule has 1 aliphatic rings. The molecule has 0 atom stereocenters. The lowest BCUT2D eigenvalue weighted by Crippen LogP contribution is -2.41. The van der Waals surface area contributed by atoms with Crippen LogP contribution in [0, 0.1) is 0 Å². The predicted molar refractivity (Wildman–Crippen MR) is 100 cm³/mol. The van der Waals surface area contributed by atoms with Crippen molar-refractivity contribution in [2.45, 2.75) is 37.8 Å². The monoisotopic (exact) mass is 391 g/mol. The number of methoxy groups -OCH3 is 1. The van der Waals surface area contributed by atoms with Crippen molar-refractivity contribution in [1.82, 2.24) is 15.3 Å². The van der Waals surface area contributed by atoms with Crippen LogP contribution in [0.1, 0.15) is 25.7 Å². The Bertz CT molecular complexity index is 749. The maximum Gasteiger partial charge on any atom is 0.316 e. The topological polar surface area (TPSA) is 82.6 Å². The zero-order valence-corrected chi connectivity index (χ0v) is 15.8. The highest BCUT2D eigenvalue weighted by Crippen LogP contribution is 2.23. The standard InChI is InChI=1S/C19H22ClN3O4/c1-25-16-3-2-4-17(9-16)26-12-18(24)23-14-5-7-15(8-6-14)27-19-21-10-13(20)11-22-19/h2-4,9-11,14-15H,5-8,12H2,1H3,(H,23,24). The number of amides is 1. The van der Waals surface area contributed by atoms with Gasteiger partial charge in [-0.05, 0) is 37.8 Å². The van der Waals surface area contributed by atoms with Crippen LogP contribution in [-0.2, 0) is 4.79 Å². The van der Waals surface area contributed by atoms with Gasteiger partial charge in [0.1, 0.15) is 17.6 Å². The van der Waals surface area contributed by atoms with Gasteiger partial charge in [0, 0.05) is 12.1 Å². The van der Waals surface area contributed by atoms with Crippen LogP contribution in [0.5, 0.6) is 17.5 Å². The molecule has 0 saturated heterocycles. The fourth-order valence-electron chi connectivity index (χ4n) is 2.94. The van der Waals surface area contributed by atoms with Crippen LogP contribution in [0.15, 0.2) is 36.7 Å². The van der Waals surface area contributed by atoms with Gasteiger partial charge in [-0.25, -0.2) is 9.97 Å². The number of ether oxygens (including phenoxy) is 3. The fourth-order valence-corrected chi connectivity index (χ4v) is 3.04. The van der Waals surface area contributed by atoms with E-state index in [0.717, 1.165) is 25.7 Å². The average Bonchev–Trinajstić information content (AvgIpc) is 2.70. The van der Waals surface area contributed by atoms with Crippen molar-refractivity contribution < 1.29 is 19.0 Å². The smallest absolute Gasteiger partial charge is 0.316 e. The van der Waals surface area contributed by atoms with Crippen molar-refractivity contribution in [2.75, 3.05) is 13.7 Å². The number of halogens is 1. The molecule has 1 amide bonds. The van der Waals surface area contributed by atoms with Crippen molar-refractivity contribution in [2.24, 2.45) is 0 Å². The third-order valence-corrected chi connectivity index (χ3v) is 4.51. The second-order valence-corrected chi connectivity index (χ2v) is 6.75. The van der Waals surface area contributed by atoms with Crippen molar-refractivity contribution in [3.05, 3.63) is 41.7 Å². The number of hydrogen-bond donors (Lipinski definition) is 1. The molecule has 1 N–H and O–H groups in total. The summed E-state index contributed by atoms with van der Waals surface area (Å²) in [6, 6.07) is 7.63. The van der Waals surface area contributed by atoms with Crippen molar-refractivity contribution in [3.8, 4) is 17.5 Å². The third kappa shape index (κ3) is 5.99. The Labute approximate surface area is 163 Å². The van der Waals surface area contributed by atoms with Crippen LogP contribution >= 0.6 is 11.6 Å². The molecule has 0 radical (unpaired) electrons. The van der Waals surface area contributed by atoms with E-state index in [9.17, 15) is 4.79 Å². The molecule has 1 saturated carbocycles. The maximum absolute atomic E-state index is 12.1. The summed E-state index contributed by atoms with van der Waals surface area (Å²) in [6.07, 6.45) is 6.40. The second kappa shape index (κ2) is 9.41. The summed E-state index contributed by atoms with van der Waals surface area (Å²) >= 11 is 5.76. The van der Waals surface area contributed by atoms with E-state index >= 15 is 0 Å². The van der Waals surface area contributed by atoms with Crippen LogP contribution in [0.2, 0.25) is 5.02 Å². The van der Waals surface area contributed by atoms with Gasteiger partial charge in [0.2, 0.25) is 0 Å². The number of nitrogens with zero attached hydrogens (tertiary/aromatic N) is 2. The summed E-state index contributed by atoms with van der Waals surface area (Å²) in [7, 11) is 1.59. The summed E-state index contributed by atoms with van der Waals surface area (Å²) in [5.74, 6) is 1.16. The Balaban J connectivity index is 1.38. The molecule has 1 fully saturated rings. The molecule has 0 bridgehead atoms. The molecule has 2 aromatic rings. The molecule has 1 aromatic carbocycles. The van der Waals surface area contributed by atoms with E-state index in [-0.39, 0.29) is 24.7 Å². The molecule has 7 nitrogen and oxygen atoms in total. The van der Waals surface area contributed by atoms with Gasteiger partial charge in [-0.15, -0.1) is 0 Å². The lowest BCUT2D eigenvalue weighted by molar-refractivity contribution is -0.124. The van der Waals surface area contributed by atoms with Crippen LogP contribution in [0.3, 0.4) is 0 Å². The summed E-state index contributed by atoms with van der Waals surface area (Å²) in [6.45, 7) is -0.0256. The SMILES string of the molecule is COc1cccc(OCC(=O)NC2CCC(Oc3ncc(Cl)cn3)CC2)c1. The normalized spacial score (nSPS) is 19.2. The summed E-state index contributed by atoms with van der Waals surface area (Å²) in [5.41, 5.74) is 0. The van der Waals surface area contributed by atoms with E-state index in [1.54, 1.807) is 19.2 Å². The highest BCUT2D eigenvalue weighted by atomic mass is 35.5. The van der Waals surface area contributed by atoms with Crippen LogP contribution in [0.4, 0.5) is 0 Å². The van der Waals surface area contributed by atoms with Gasteiger partial charge in [-0.2, -0.15) is 0 Å². The number of nitrogens with one attached hydrogen (secondary N) is 1. The fraction of sp³-hybridized carbons (Fsp3) is 0.421. The predicted octanol–water partition coefficient (Wildman–Crippen LogP) is 3.02.